The van der Waals surface area contributed by atoms with Crippen molar-refractivity contribution in [3.05, 3.63) is 255 Å². The lowest BCUT2D eigenvalue weighted by molar-refractivity contribution is 0.481. The number of benzene rings is 8. The molecule has 0 saturated carbocycles. The normalized spacial score (nSPS) is 11.7. The minimum Gasteiger partial charge on any atom is -0.455 e. The third-order valence-electron chi connectivity index (χ3n) is 14.9. The second-order valence-corrected chi connectivity index (χ2v) is 19.8. The van der Waals surface area contributed by atoms with Gasteiger partial charge in [-0.25, -0.2) is 9.97 Å². The molecule has 15 rings (SSSR count). The lowest BCUT2D eigenvalue weighted by Gasteiger charge is -2.16. The smallest absolute Gasteiger partial charge is 0.152 e. The van der Waals surface area contributed by atoms with E-state index in [-0.39, 0.29) is 0 Å². The van der Waals surface area contributed by atoms with Crippen LogP contribution in [0.5, 0.6) is 23.0 Å². The van der Waals surface area contributed by atoms with Gasteiger partial charge in [-0.3, -0.25) is 19.1 Å². The van der Waals surface area contributed by atoms with Crippen molar-refractivity contribution in [3.63, 3.8) is 0 Å². The van der Waals surface area contributed by atoms with Crippen LogP contribution in [0.1, 0.15) is 11.1 Å². The molecule has 0 saturated heterocycles. The van der Waals surface area contributed by atoms with Crippen LogP contribution in [0, 0.1) is 13.8 Å². The van der Waals surface area contributed by atoms with Gasteiger partial charge in [-0.2, -0.15) is 0 Å². The highest BCUT2D eigenvalue weighted by Crippen LogP contribution is 2.41. The molecule has 0 unspecified atom stereocenters. The first kappa shape index (κ1) is 44.9. The Morgan fingerprint density at radius 2 is 0.769 bits per heavy atom. The standard InChI is InChI=1S/C68H46N8O2/c1-43-27-31-69-67(35-43)75-59-17-9-5-13-51(59)53-23-21-49(39-63(53)75)77-65-37-47(19-25-61(65)73-33-29-45-11-3-7-15-57(45)73)55-41-72-56(42-71-55)48-20-26-62(74-34-30-46-12-4-8-16-58(46)74)66(38-48)78-50-22-24-54-52-14-6-10-18-60(52)76(64(54)40-50)68-36-44(2)28-32-70-68/h3-42H,1-2H3. The molecule has 7 aromatic heterocycles. The number of aromatic nitrogens is 8. The van der Waals surface area contributed by atoms with E-state index < -0.39 is 0 Å². The fourth-order valence-corrected chi connectivity index (χ4v) is 11.2. The van der Waals surface area contributed by atoms with Gasteiger partial charge in [0.15, 0.2) is 11.5 Å². The molecule has 370 valence electrons. The van der Waals surface area contributed by atoms with Crippen LogP contribution in [-0.2, 0) is 0 Å². The van der Waals surface area contributed by atoms with Crippen molar-refractivity contribution in [1.29, 1.82) is 0 Å². The van der Waals surface area contributed by atoms with E-state index in [1.807, 2.05) is 49.1 Å². The molecule has 0 radical (unpaired) electrons. The fourth-order valence-electron chi connectivity index (χ4n) is 11.2. The number of ether oxygens (including phenoxy) is 2. The lowest BCUT2D eigenvalue weighted by Crippen LogP contribution is -1.99. The van der Waals surface area contributed by atoms with Crippen LogP contribution in [0.4, 0.5) is 0 Å². The molecule has 0 fully saturated rings. The second-order valence-electron chi connectivity index (χ2n) is 19.8. The maximum Gasteiger partial charge on any atom is 0.152 e. The van der Waals surface area contributed by atoms with Gasteiger partial charge in [-0.1, -0.05) is 84.9 Å². The number of fused-ring (bicyclic) bond motifs is 8. The summed E-state index contributed by atoms with van der Waals surface area (Å²) in [5, 5.41) is 6.80. The average molecular weight is 1010 g/mol. The molecule has 15 aromatic rings. The van der Waals surface area contributed by atoms with Crippen molar-refractivity contribution in [2.24, 2.45) is 0 Å². The average Bonchev–Trinajstić information content (AvgIpc) is 4.47. The Kier molecular flexibility index (Phi) is 10.4. The van der Waals surface area contributed by atoms with E-state index in [1.165, 1.54) is 0 Å². The SMILES string of the molecule is Cc1ccnc(-n2c3ccccc3c3ccc(Oc4cc(-c5cnc(-c6ccc(-n7ccc8ccccc87)c(Oc7ccc8c9ccccc9n(-c9cc(C)ccn9)c8c7)c6)cn5)ccc4-n4ccc5ccccc54)cc32)c1. The molecule has 0 aliphatic carbocycles. The van der Waals surface area contributed by atoms with Crippen LogP contribution in [0.3, 0.4) is 0 Å². The largest absolute Gasteiger partial charge is 0.455 e. The van der Waals surface area contributed by atoms with Crippen molar-refractivity contribution >= 4 is 65.4 Å². The number of aryl methyl sites for hydroxylation is 2. The van der Waals surface area contributed by atoms with E-state index in [4.69, 9.17) is 29.4 Å². The maximum absolute atomic E-state index is 7.04. The molecule has 0 bridgehead atoms. The number of hydrogen-bond donors (Lipinski definition) is 0. The highest BCUT2D eigenvalue weighted by molar-refractivity contribution is 6.10. The summed E-state index contributed by atoms with van der Waals surface area (Å²) < 4.78 is 22.9. The summed E-state index contributed by atoms with van der Waals surface area (Å²) in [4.78, 5) is 19.8. The highest BCUT2D eigenvalue weighted by Gasteiger charge is 2.20. The topological polar surface area (TPSA) is 89.7 Å². The Morgan fingerprint density at radius 3 is 1.22 bits per heavy atom. The molecule has 78 heavy (non-hydrogen) atoms. The number of rotatable bonds is 10. The van der Waals surface area contributed by atoms with Gasteiger partial charge in [-0.05, 0) is 145 Å². The van der Waals surface area contributed by atoms with Gasteiger partial charge in [0.25, 0.3) is 0 Å². The van der Waals surface area contributed by atoms with Gasteiger partial charge in [0.1, 0.15) is 23.1 Å². The van der Waals surface area contributed by atoms with E-state index in [2.05, 4.69) is 227 Å². The van der Waals surface area contributed by atoms with E-state index in [9.17, 15) is 0 Å². The fraction of sp³-hybridized carbons (Fsp3) is 0.0294. The quantitative estimate of drug-likeness (QED) is 0.136. The van der Waals surface area contributed by atoms with Gasteiger partial charge in [0, 0.05) is 69.6 Å². The second kappa shape index (κ2) is 18.1. The third-order valence-corrected chi connectivity index (χ3v) is 14.9. The van der Waals surface area contributed by atoms with E-state index in [1.54, 1.807) is 0 Å². The third kappa shape index (κ3) is 7.57. The van der Waals surface area contributed by atoms with Gasteiger partial charge in [-0.15, -0.1) is 0 Å². The zero-order chi connectivity index (χ0) is 51.8. The maximum atomic E-state index is 7.04. The van der Waals surface area contributed by atoms with Crippen molar-refractivity contribution in [3.8, 4) is 68.5 Å². The predicted molar refractivity (Wildman–Crippen MR) is 313 cm³/mol. The van der Waals surface area contributed by atoms with Crippen LogP contribution in [0.25, 0.3) is 111 Å². The Labute approximate surface area is 447 Å². The van der Waals surface area contributed by atoms with Crippen LogP contribution in [-0.4, -0.2) is 38.2 Å². The van der Waals surface area contributed by atoms with Crippen LogP contribution in [0.15, 0.2) is 243 Å². The first-order valence-electron chi connectivity index (χ1n) is 26.0. The molecule has 0 atom stereocenters. The molecule has 0 aliphatic rings. The Morgan fingerprint density at radius 1 is 0.346 bits per heavy atom. The minimum absolute atomic E-state index is 0.666. The molecule has 10 heteroatoms. The summed E-state index contributed by atoms with van der Waals surface area (Å²) >= 11 is 0. The number of para-hydroxylation sites is 4. The van der Waals surface area contributed by atoms with Crippen molar-refractivity contribution < 1.29 is 9.47 Å². The molecule has 7 heterocycles. The molecule has 8 aromatic carbocycles. The predicted octanol–water partition coefficient (Wildman–Crippen LogP) is 16.9. The molecule has 0 spiro atoms. The summed E-state index contributed by atoms with van der Waals surface area (Å²) in [7, 11) is 0. The van der Waals surface area contributed by atoms with Crippen LogP contribution in [0.2, 0.25) is 0 Å². The molecule has 0 aliphatic heterocycles. The number of hydrogen-bond acceptors (Lipinski definition) is 6. The molecule has 0 amide bonds. The van der Waals surface area contributed by atoms with Crippen molar-refractivity contribution in [2.45, 2.75) is 13.8 Å². The van der Waals surface area contributed by atoms with Gasteiger partial charge < -0.3 is 18.6 Å². The highest BCUT2D eigenvalue weighted by atomic mass is 16.5. The van der Waals surface area contributed by atoms with Gasteiger partial charge in [0.05, 0.1) is 68.3 Å². The summed E-state index contributed by atoms with van der Waals surface area (Å²) in [6.07, 6.45) is 11.6. The zero-order valence-electron chi connectivity index (χ0n) is 42.5. The summed E-state index contributed by atoms with van der Waals surface area (Å²) in [6, 6.07) is 71.3. The summed E-state index contributed by atoms with van der Waals surface area (Å²) in [5.74, 6) is 4.42. The first-order valence-corrected chi connectivity index (χ1v) is 26.0. The van der Waals surface area contributed by atoms with E-state index in [0.717, 1.165) is 111 Å². The van der Waals surface area contributed by atoms with Crippen molar-refractivity contribution in [1.82, 2.24) is 38.2 Å². The van der Waals surface area contributed by atoms with E-state index in [0.29, 0.717) is 34.4 Å². The Balaban J connectivity index is 0.813. The molecular weight excluding hydrogens is 961 g/mol. The molecule has 10 nitrogen and oxygen atoms in total. The Hall–Kier alpha value is -10.6. The monoisotopic (exact) mass is 1010 g/mol. The number of pyridine rings is 2. The van der Waals surface area contributed by atoms with Crippen LogP contribution < -0.4 is 9.47 Å². The number of nitrogens with zero attached hydrogens (tertiary/aromatic N) is 8. The van der Waals surface area contributed by atoms with Crippen LogP contribution >= 0.6 is 0 Å². The zero-order valence-corrected chi connectivity index (χ0v) is 42.5. The first-order chi connectivity index (χ1) is 38.5. The van der Waals surface area contributed by atoms with E-state index >= 15 is 0 Å². The van der Waals surface area contributed by atoms with Gasteiger partial charge in [0.2, 0.25) is 0 Å². The molecular formula is C68H46N8O2. The molecule has 0 N–H and O–H groups in total. The van der Waals surface area contributed by atoms with Gasteiger partial charge >= 0.3 is 0 Å². The Bertz CT molecular complexity index is 4540. The van der Waals surface area contributed by atoms with Crippen molar-refractivity contribution in [2.75, 3.05) is 0 Å². The lowest BCUT2D eigenvalue weighted by atomic mass is 10.1. The minimum atomic E-state index is 0.666. The summed E-state index contributed by atoms with van der Waals surface area (Å²) in [5.41, 5.74) is 13.5. The summed E-state index contributed by atoms with van der Waals surface area (Å²) in [6.45, 7) is 4.18.